The van der Waals surface area contributed by atoms with Crippen molar-refractivity contribution in [1.29, 1.82) is 0 Å². The van der Waals surface area contributed by atoms with Crippen molar-refractivity contribution in [1.82, 2.24) is 9.55 Å². The van der Waals surface area contributed by atoms with E-state index in [1.54, 1.807) is 6.07 Å². The molecular weight excluding hydrogens is 377 g/mol. The molecule has 3 nitrogen and oxygen atoms in total. The smallest absolute Gasteiger partial charge is 0.129 e. The van der Waals surface area contributed by atoms with Gasteiger partial charge in [-0.15, -0.1) is 0 Å². The van der Waals surface area contributed by atoms with E-state index in [1.165, 1.54) is 5.56 Å². The van der Waals surface area contributed by atoms with E-state index in [1.807, 2.05) is 30.3 Å². The predicted molar refractivity (Wildman–Crippen MR) is 114 cm³/mol. The van der Waals surface area contributed by atoms with Crippen LogP contribution in [0.25, 0.3) is 11.0 Å². The summed E-state index contributed by atoms with van der Waals surface area (Å²) < 4.78 is 2.20. The molecule has 0 atom stereocenters. The molecule has 0 aliphatic carbocycles. The average Bonchev–Trinajstić information content (AvgIpc) is 3.01. The Morgan fingerprint density at radius 1 is 0.963 bits per heavy atom. The van der Waals surface area contributed by atoms with Crippen molar-refractivity contribution in [2.45, 2.75) is 20.0 Å². The fraction of sp³-hybridized carbons (Fsp3) is 0.136. The van der Waals surface area contributed by atoms with Gasteiger partial charge in [0, 0.05) is 15.7 Å². The monoisotopic (exact) mass is 395 g/mol. The zero-order chi connectivity index (χ0) is 18.8. The van der Waals surface area contributed by atoms with Gasteiger partial charge in [-0.3, -0.25) is 0 Å². The maximum atomic E-state index is 6.40. The molecule has 136 valence electrons. The van der Waals surface area contributed by atoms with Gasteiger partial charge in [-0.1, -0.05) is 59.1 Å². The number of anilines is 1. The van der Waals surface area contributed by atoms with E-state index in [-0.39, 0.29) is 0 Å². The second-order valence-electron chi connectivity index (χ2n) is 6.56. The molecule has 0 saturated heterocycles. The van der Waals surface area contributed by atoms with Crippen molar-refractivity contribution < 1.29 is 0 Å². The second kappa shape index (κ2) is 7.63. The van der Waals surface area contributed by atoms with E-state index >= 15 is 0 Å². The molecule has 4 aromatic rings. The molecule has 1 heterocycles. The minimum Gasteiger partial charge on any atom is -0.378 e. The number of benzene rings is 3. The van der Waals surface area contributed by atoms with Crippen LogP contribution in [0.1, 0.15) is 17.0 Å². The molecule has 27 heavy (non-hydrogen) atoms. The first-order valence-electron chi connectivity index (χ1n) is 8.79. The van der Waals surface area contributed by atoms with Crippen molar-refractivity contribution in [3.63, 3.8) is 0 Å². The predicted octanol–water partition coefficient (Wildman–Crippen LogP) is 6.31. The number of rotatable bonds is 5. The summed E-state index contributed by atoms with van der Waals surface area (Å²) in [6.45, 7) is 3.35. The molecule has 0 bridgehead atoms. The third-order valence-corrected chi connectivity index (χ3v) is 5.17. The average molecular weight is 396 g/mol. The molecular formula is C22H19Cl2N3. The zero-order valence-electron chi connectivity index (χ0n) is 14.9. The first-order chi connectivity index (χ1) is 13.1. The minimum atomic E-state index is 0.628. The number of hydrogen-bond acceptors (Lipinski definition) is 2. The van der Waals surface area contributed by atoms with Crippen LogP contribution in [0.5, 0.6) is 0 Å². The number of nitrogens with zero attached hydrogens (tertiary/aromatic N) is 2. The van der Waals surface area contributed by atoms with Gasteiger partial charge in [0.05, 0.1) is 24.1 Å². The second-order valence-corrected chi connectivity index (χ2v) is 7.40. The third-order valence-electron chi connectivity index (χ3n) is 4.58. The standard InChI is InChI=1S/C22H19Cl2N3/c1-15-6-10-18(11-7-15)25-13-22-26-20-4-2-3-5-21(20)27(22)14-16-8-9-17(23)12-19(16)24/h2-12,25H,13-14H2,1H3. The lowest BCUT2D eigenvalue weighted by Gasteiger charge is -2.12. The molecule has 4 rings (SSSR count). The highest BCUT2D eigenvalue weighted by Crippen LogP contribution is 2.25. The van der Waals surface area contributed by atoms with E-state index in [4.69, 9.17) is 28.2 Å². The Morgan fingerprint density at radius 2 is 1.74 bits per heavy atom. The molecule has 0 fully saturated rings. The number of fused-ring (bicyclic) bond motifs is 1. The zero-order valence-corrected chi connectivity index (χ0v) is 16.4. The lowest BCUT2D eigenvalue weighted by Crippen LogP contribution is -2.10. The summed E-state index contributed by atoms with van der Waals surface area (Å²) in [7, 11) is 0. The highest BCUT2D eigenvalue weighted by Gasteiger charge is 2.12. The molecule has 0 radical (unpaired) electrons. The fourth-order valence-electron chi connectivity index (χ4n) is 3.11. The molecule has 1 aromatic heterocycles. The summed E-state index contributed by atoms with van der Waals surface area (Å²) in [6, 6.07) is 22.1. The van der Waals surface area contributed by atoms with Crippen LogP contribution >= 0.6 is 23.2 Å². The lowest BCUT2D eigenvalue weighted by atomic mass is 10.2. The van der Waals surface area contributed by atoms with Crippen molar-refractivity contribution in [3.8, 4) is 0 Å². The summed E-state index contributed by atoms with van der Waals surface area (Å²) in [5.41, 5.74) is 5.39. The van der Waals surface area contributed by atoms with Crippen LogP contribution in [0.15, 0.2) is 66.7 Å². The first-order valence-corrected chi connectivity index (χ1v) is 9.54. The van der Waals surface area contributed by atoms with Crippen molar-refractivity contribution in [3.05, 3.63) is 93.7 Å². The quantitative estimate of drug-likeness (QED) is 0.428. The van der Waals surface area contributed by atoms with Crippen molar-refractivity contribution in [2.24, 2.45) is 0 Å². The Morgan fingerprint density at radius 3 is 2.52 bits per heavy atom. The Bertz CT molecular complexity index is 1080. The van der Waals surface area contributed by atoms with E-state index in [0.717, 1.165) is 28.1 Å². The van der Waals surface area contributed by atoms with E-state index in [9.17, 15) is 0 Å². The van der Waals surface area contributed by atoms with Crippen LogP contribution in [0.2, 0.25) is 10.0 Å². The Kier molecular flexibility index (Phi) is 5.06. The molecule has 0 aliphatic rings. The highest BCUT2D eigenvalue weighted by molar-refractivity contribution is 6.35. The van der Waals surface area contributed by atoms with Crippen LogP contribution in [0, 0.1) is 6.92 Å². The van der Waals surface area contributed by atoms with Gasteiger partial charge < -0.3 is 9.88 Å². The van der Waals surface area contributed by atoms with Crippen LogP contribution < -0.4 is 5.32 Å². The van der Waals surface area contributed by atoms with Crippen molar-refractivity contribution >= 4 is 39.9 Å². The third kappa shape index (κ3) is 3.95. The van der Waals surface area contributed by atoms with Gasteiger partial charge in [0.25, 0.3) is 0 Å². The van der Waals surface area contributed by atoms with E-state index < -0.39 is 0 Å². The minimum absolute atomic E-state index is 0.628. The van der Waals surface area contributed by atoms with E-state index in [2.05, 4.69) is 47.1 Å². The number of aromatic nitrogens is 2. The molecule has 3 aromatic carbocycles. The number of halogens is 2. The van der Waals surface area contributed by atoms with Gasteiger partial charge >= 0.3 is 0 Å². The molecule has 0 aliphatic heterocycles. The Balaban J connectivity index is 1.67. The Hall–Kier alpha value is -2.49. The summed E-state index contributed by atoms with van der Waals surface area (Å²) >= 11 is 12.4. The Labute approximate surface area is 168 Å². The largest absolute Gasteiger partial charge is 0.378 e. The number of para-hydroxylation sites is 2. The van der Waals surface area contributed by atoms with Gasteiger partial charge in [-0.25, -0.2) is 4.98 Å². The summed E-state index contributed by atoms with van der Waals surface area (Å²) in [6.07, 6.45) is 0. The lowest BCUT2D eigenvalue weighted by molar-refractivity contribution is 0.757. The molecule has 5 heteroatoms. The number of aryl methyl sites for hydroxylation is 1. The number of imidazole rings is 1. The number of nitrogens with one attached hydrogen (secondary N) is 1. The maximum Gasteiger partial charge on any atom is 0.129 e. The molecule has 0 unspecified atom stereocenters. The van der Waals surface area contributed by atoms with Gasteiger partial charge in [0.15, 0.2) is 0 Å². The molecule has 0 spiro atoms. The first kappa shape index (κ1) is 17.9. The van der Waals surface area contributed by atoms with Gasteiger partial charge in [0.2, 0.25) is 0 Å². The summed E-state index contributed by atoms with van der Waals surface area (Å²) in [5, 5.41) is 4.77. The normalized spacial score (nSPS) is 11.1. The number of hydrogen-bond donors (Lipinski definition) is 1. The van der Waals surface area contributed by atoms with Crippen molar-refractivity contribution in [2.75, 3.05) is 5.32 Å². The molecule has 0 saturated carbocycles. The van der Waals surface area contributed by atoms with Gasteiger partial charge in [-0.05, 0) is 48.9 Å². The van der Waals surface area contributed by atoms with Crippen LogP contribution in [-0.2, 0) is 13.1 Å². The summed E-state index contributed by atoms with van der Waals surface area (Å²) in [4.78, 5) is 4.82. The SMILES string of the molecule is Cc1ccc(NCc2nc3ccccc3n2Cc2ccc(Cl)cc2Cl)cc1. The van der Waals surface area contributed by atoms with Gasteiger partial charge in [0.1, 0.15) is 5.82 Å². The van der Waals surface area contributed by atoms with Crippen LogP contribution in [0.4, 0.5) is 5.69 Å². The van der Waals surface area contributed by atoms with E-state index in [0.29, 0.717) is 23.1 Å². The van der Waals surface area contributed by atoms with Crippen LogP contribution in [-0.4, -0.2) is 9.55 Å². The topological polar surface area (TPSA) is 29.9 Å². The van der Waals surface area contributed by atoms with Gasteiger partial charge in [-0.2, -0.15) is 0 Å². The molecule has 1 N–H and O–H groups in total. The fourth-order valence-corrected chi connectivity index (χ4v) is 3.58. The maximum absolute atomic E-state index is 6.40. The molecule has 0 amide bonds. The van der Waals surface area contributed by atoms with Crippen LogP contribution in [0.3, 0.4) is 0 Å². The summed E-state index contributed by atoms with van der Waals surface area (Å²) in [5.74, 6) is 0.961. The highest BCUT2D eigenvalue weighted by atomic mass is 35.5.